The second kappa shape index (κ2) is 9.74. The van der Waals surface area contributed by atoms with Crippen LogP contribution in [0.2, 0.25) is 0 Å². The summed E-state index contributed by atoms with van der Waals surface area (Å²) in [5.74, 6) is -2.27. The van der Waals surface area contributed by atoms with Crippen LogP contribution in [0.4, 0.5) is 4.39 Å². The van der Waals surface area contributed by atoms with Crippen molar-refractivity contribution in [1.29, 1.82) is 0 Å². The topological polar surface area (TPSA) is 97.4 Å². The van der Waals surface area contributed by atoms with E-state index in [1.807, 2.05) is 24.3 Å². The number of carbonyl (C=O) groups is 3. The van der Waals surface area contributed by atoms with E-state index in [0.717, 1.165) is 27.4 Å². The Bertz CT molecular complexity index is 987. The normalized spacial score (nSPS) is 10.5. The highest BCUT2D eigenvalue weighted by molar-refractivity contribution is 7.18. The predicted molar refractivity (Wildman–Crippen MR) is 106 cm³/mol. The molecule has 7 nitrogen and oxygen atoms in total. The van der Waals surface area contributed by atoms with Crippen LogP contribution in [0.5, 0.6) is 0 Å². The van der Waals surface area contributed by atoms with Gasteiger partial charge in [-0.15, -0.1) is 11.3 Å². The van der Waals surface area contributed by atoms with E-state index in [-0.39, 0.29) is 12.0 Å². The number of aromatic nitrogens is 1. The fraction of sp³-hybridized carbons (Fsp3) is 0.200. The number of esters is 1. The van der Waals surface area contributed by atoms with Gasteiger partial charge in [0.25, 0.3) is 11.8 Å². The summed E-state index contributed by atoms with van der Waals surface area (Å²) in [5, 5.41) is 0.945. The third kappa shape index (κ3) is 6.08. The van der Waals surface area contributed by atoms with Crippen LogP contribution in [-0.2, 0) is 20.7 Å². The van der Waals surface area contributed by atoms with Gasteiger partial charge in [-0.3, -0.25) is 25.2 Å². The molecule has 0 fully saturated rings. The van der Waals surface area contributed by atoms with E-state index in [1.165, 1.54) is 12.1 Å². The van der Waals surface area contributed by atoms with Crippen LogP contribution in [0.1, 0.15) is 28.2 Å². The number of amides is 2. The van der Waals surface area contributed by atoms with Gasteiger partial charge >= 0.3 is 5.97 Å². The van der Waals surface area contributed by atoms with Gasteiger partial charge in [0.05, 0.1) is 15.2 Å². The van der Waals surface area contributed by atoms with Crippen molar-refractivity contribution in [2.24, 2.45) is 0 Å². The monoisotopic (exact) mass is 415 g/mol. The second-order valence-electron chi connectivity index (χ2n) is 6.10. The molecule has 0 bridgehead atoms. The number of halogens is 1. The van der Waals surface area contributed by atoms with Crippen molar-refractivity contribution < 1.29 is 23.5 Å². The average molecular weight is 415 g/mol. The van der Waals surface area contributed by atoms with Gasteiger partial charge in [-0.25, -0.2) is 9.37 Å². The average Bonchev–Trinajstić information content (AvgIpc) is 3.13. The lowest BCUT2D eigenvalue weighted by molar-refractivity contribution is -0.148. The highest BCUT2D eigenvalue weighted by Crippen LogP contribution is 2.22. The third-order valence-corrected chi connectivity index (χ3v) is 4.99. The van der Waals surface area contributed by atoms with Crippen LogP contribution in [0, 0.1) is 5.82 Å². The molecule has 3 aromatic rings. The first kappa shape index (κ1) is 20.4. The Labute approximate surface area is 169 Å². The zero-order chi connectivity index (χ0) is 20.6. The lowest BCUT2D eigenvalue weighted by Gasteiger charge is -2.08. The first-order chi connectivity index (χ1) is 14.0. The maximum absolute atomic E-state index is 12.8. The molecule has 0 aliphatic rings. The number of hydrazine groups is 1. The summed E-state index contributed by atoms with van der Waals surface area (Å²) < 4.78 is 18.8. The summed E-state index contributed by atoms with van der Waals surface area (Å²) in [5.41, 5.74) is 5.41. The van der Waals surface area contributed by atoms with Crippen LogP contribution >= 0.6 is 11.3 Å². The van der Waals surface area contributed by atoms with E-state index in [1.54, 1.807) is 11.3 Å². The molecule has 0 aliphatic heterocycles. The molecule has 2 N–H and O–H groups in total. The van der Waals surface area contributed by atoms with Gasteiger partial charge in [0.15, 0.2) is 6.61 Å². The third-order valence-electron chi connectivity index (χ3n) is 3.90. The van der Waals surface area contributed by atoms with Crippen molar-refractivity contribution >= 4 is 39.3 Å². The van der Waals surface area contributed by atoms with Crippen molar-refractivity contribution in [1.82, 2.24) is 15.8 Å². The molecule has 0 unspecified atom stereocenters. The molecular weight excluding hydrogens is 397 g/mol. The van der Waals surface area contributed by atoms with Crippen LogP contribution in [0.25, 0.3) is 10.2 Å². The van der Waals surface area contributed by atoms with Crippen LogP contribution in [0.3, 0.4) is 0 Å². The molecule has 1 aromatic heterocycles. The van der Waals surface area contributed by atoms with Gasteiger partial charge in [-0.2, -0.15) is 0 Å². The van der Waals surface area contributed by atoms with Crippen LogP contribution in [0.15, 0.2) is 48.5 Å². The van der Waals surface area contributed by atoms with Gasteiger partial charge in [-0.1, -0.05) is 12.1 Å². The number of benzene rings is 2. The predicted octanol–water partition coefficient (Wildman–Crippen LogP) is 2.76. The number of thiazole rings is 1. The van der Waals surface area contributed by atoms with Gasteiger partial charge < -0.3 is 4.74 Å². The molecule has 0 saturated carbocycles. The quantitative estimate of drug-likeness (QED) is 0.457. The lowest BCUT2D eigenvalue weighted by Crippen LogP contribution is -2.43. The lowest BCUT2D eigenvalue weighted by atomic mass is 10.2. The minimum Gasteiger partial charge on any atom is -0.455 e. The Morgan fingerprint density at radius 3 is 2.55 bits per heavy atom. The van der Waals surface area contributed by atoms with Gasteiger partial charge in [0.2, 0.25) is 0 Å². The second-order valence-corrected chi connectivity index (χ2v) is 7.21. The summed E-state index contributed by atoms with van der Waals surface area (Å²) in [6, 6.07) is 12.6. The molecule has 2 amide bonds. The van der Waals surface area contributed by atoms with E-state index >= 15 is 0 Å². The molecule has 9 heteroatoms. The molecule has 0 atom stereocenters. The Morgan fingerprint density at radius 1 is 1.03 bits per heavy atom. The fourth-order valence-corrected chi connectivity index (χ4v) is 3.47. The Morgan fingerprint density at radius 2 is 1.79 bits per heavy atom. The van der Waals surface area contributed by atoms with Gasteiger partial charge in [0, 0.05) is 12.0 Å². The number of carbonyl (C=O) groups excluding carboxylic acids is 3. The Hall–Kier alpha value is -3.33. The number of hydrogen-bond acceptors (Lipinski definition) is 6. The Kier molecular flexibility index (Phi) is 6.85. The molecular formula is C20H18FN3O4S. The number of para-hydroxylation sites is 1. The number of nitrogens with one attached hydrogen (secondary N) is 2. The van der Waals surface area contributed by atoms with E-state index in [4.69, 9.17) is 4.74 Å². The molecule has 2 aromatic carbocycles. The first-order valence-corrected chi connectivity index (χ1v) is 9.68. The molecule has 1 heterocycles. The Balaban J connectivity index is 1.32. The highest BCUT2D eigenvalue weighted by atomic mass is 32.1. The maximum Gasteiger partial charge on any atom is 0.306 e. The molecule has 29 heavy (non-hydrogen) atoms. The number of nitrogens with zero attached hydrogens (tertiary/aromatic N) is 1. The zero-order valence-corrected chi connectivity index (χ0v) is 16.1. The number of aryl methyl sites for hydroxylation is 1. The fourth-order valence-electron chi connectivity index (χ4n) is 2.47. The summed E-state index contributed by atoms with van der Waals surface area (Å²) in [4.78, 5) is 39.7. The van der Waals surface area contributed by atoms with Gasteiger partial charge in [0.1, 0.15) is 5.82 Å². The molecule has 0 spiro atoms. The van der Waals surface area contributed by atoms with Crippen molar-refractivity contribution in [2.45, 2.75) is 19.3 Å². The summed E-state index contributed by atoms with van der Waals surface area (Å²) in [6.45, 7) is -0.510. The van der Waals surface area contributed by atoms with Crippen molar-refractivity contribution in [3.63, 3.8) is 0 Å². The zero-order valence-electron chi connectivity index (χ0n) is 15.3. The summed E-state index contributed by atoms with van der Waals surface area (Å²) >= 11 is 1.59. The number of rotatable bonds is 7. The minimum atomic E-state index is -0.681. The summed E-state index contributed by atoms with van der Waals surface area (Å²) in [6.07, 6.45) is 1.36. The molecule has 150 valence electrons. The van der Waals surface area contributed by atoms with E-state index in [2.05, 4.69) is 15.8 Å². The molecule has 3 rings (SSSR count). The minimum absolute atomic E-state index is 0.158. The van der Waals surface area contributed by atoms with Crippen molar-refractivity contribution in [3.8, 4) is 0 Å². The van der Waals surface area contributed by atoms with Crippen molar-refractivity contribution in [3.05, 3.63) is 64.9 Å². The summed E-state index contributed by atoms with van der Waals surface area (Å²) in [7, 11) is 0. The van der Waals surface area contributed by atoms with E-state index in [9.17, 15) is 18.8 Å². The first-order valence-electron chi connectivity index (χ1n) is 8.86. The largest absolute Gasteiger partial charge is 0.455 e. The number of fused-ring (bicyclic) bond motifs is 1. The highest BCUT2D eigenvalue weighted by Gasteiger charge is 2.11. The van der Waals surface area contributed by atoms with Crippen LogP contribution < -0.4 is 10.9 Å². The van der Waals surface area contributed by atoms with E-state index in [0.29, 0.717) is 12.8 Å². The molecule has 0 radical (unpaired) electrons. The smallest absolute Gasteiger partial charge is 0.306 e. The SMILES string of the molecule is O=C(COC(=O)CCCc1nc2ccccc2s1)NNC(=O)c1ccc(F)cc1. The van der Waals surface area contributed by atoms with Crippen molar-refractivity contribution in [2.75, 3.05) is 6.61 Å². The van der Waals surface area contributed by atoms with Crippen LogP contribution in [-0.4, -0.2) is 29.4 Å². The number of ether oxygens (including phenoxy) is 1. The maximum atomic E-state index is 12.8. The number of hydrogen-bond donors (Lipinski definition) is 2. The molecule has 0 saturated heterocycles. The molecule has 0 aliphatic carbocycles. The van der Waals surface area contributed by atoms with E-state index < -0.39 is 30.2 Å². The van der Waals surface area contributed by atoms with Gasteiger partial charge in [-0.05, 0) is 49.2 Å². The standard InChI is InChI=1S/C20H18FN3O4S/c21-14-10-8-13(9-11-14)20(27)24-23-17(25)12-28-19(26)7-3-6-18-22-15-4-1-2-5-16(15)29-18/h1-2,4-5,8-11H,3,6-7,12H2,(H,23,25)(H,24,27).